The lowest BCUT2D eigenvalue weighted by Gasteiger charge is -2.38. The van der Waals surface area contributed by atoms with E-state index >= 15 is 0 Å². The van der Waals surface area contributed by atoms with E-state index in [1.165, 1.54) is 0 Å². The Bertz CT molecular complexity index is 366. The highest BCUT2D eigenvalue weighted by Crippen LogP contribution is 2.14. The second-order valence-corrected chi connectivity index (χ2v) is 4.73. The molecule has 1 rings (SSSR count). The molecule has 0 aromatic rings. The normalized spacial score (nSPS) is 18.2. The van der Waals surface area contributed by atoms with Crippen LogP contribution in [0.1, 0.15) is 19.8 Å². The van der Waals surface area contributed by atoms with Crippen molar-refractivity contribution in [3.8, 4) is 0 Å². The Morgan fingerprint density at radius 2 is 2.00 bits per heavy atom. The molecular weight excluding hydrogens is 256 g/mol. The average molecular weight is 274 g/mol. The van der Waals surface area contributed by atoms with Crippen molar-refractivity contribution in [2.45, 2.75) is 31.4 Å². The lowest BCUT2D eigenvalue weighted by Crippen LogP contribution is -2.60. The fraction of sp³-hybridized carbons (Fsp3) is 0.727. The zero-order valence-electron chi connectivity index (χ0n) is 10.6. The molecule has 8 nitrogen and oxygen atoms in total. The number of hydrogen-bond donors (Lipinski definition) is 4. The Morgan fingerprint density at radius 1 is 1.37 bits per heavy atom. The van der Waals surface area contributed by atoms with Crippen LogP contribution in [0.3, 0.4) is 0 Å². The van der Waals surface area contributed by atoms with Crippen LogP contribution in [-0.4, -0.2) is 59.4 Å². The second kappa shape index (κ2) is 6.48. The van der Waals surface area contributed by atoms with Crippen molar-refractivity contribution in [2.24, 2.45) is 0 Å². The first kappa shape index (κ1) is 15.4. The smallest absolute Gasteiger partial charge is 0.326 e. The van der Waals surface area contributed by atoms with Gasteiger partial charge in [-0.3, -0.25) is 9.59 Å². The largest absolute Gasteiger partial charge is 0.481 e. The van der Waals surface area contributed by atoms with Gasteiger partial charge >= 0.3 is 11.9 Å². The van der Waals surface area contributed by atoms with Crippen LogP contribution in [-0.2, 0) is 19.1 Å². The molecule has 0 aliphatic carbocycles. The highest BCUT2D eigenvalue weighted by atomic mass is 16.5. The van der Waals surface area contributed by atoms with Crippen molar-refractivity contribution >= 4 is 17.8 Å². The molecule has 0 aromatic carbocycles. The van der Waals surface area contributed by atoms with Gasteiger partial charge in [0, 0.05) is 19.5 Å². The molecule has 1 aliphatic rings. The van der Waals surface area contributed by atoms with E-state index in [0.29, 0.717) is 13.1 Å². The topological polar surface area (TPSA) is 125 Å². The van der Waals surface area contributed by atoms with Gasteiger partial charge in [-0.2, -0.15) is 0 Å². The van der Waals surface area contributed by atoms with E-state index in [2.05, 4.69) is 10.6 Å². The minimum atomic E-state index is -1.26. The monoisotopic (exact) mass is 274 g/mol. The Morgan fingerprint density at radius 3 is 2.42 bits per heavy atom. The molecule has 1 aliphatic heterocycles. The molecule has 1 unspecified atom stereocenters. The summed E-state index contributed by atoms with van der Waals surface area (Å²) in [6, 6.07) is -1.21. The number of hydrogen-bond acceptors (Lipinski definition) is 5. The van der Waals surface area contributed by atoms with Gasteiger partial charge in [-0.15, -0.1) is 0 Å². The van der Waals surface area contributed by atoms with Gasteiger partial charge in [-0.05, 0) is 13.3 Å². The molecule has 19 heavy (non-hydrogen) atoms. The summed E-state index contributed by atoms with van der Waals surface area (Å²) < 4.78 is 5.35. The van der Waals surface area contributed by atoms with E-state index in [1.807, 2.05) is 6.92 Å². The van der Waals surface area contributed by atoms with Crippen molar-refractivity contribution < 1.29 is 29.3 Å². The highest BCUT2D eigenvalue weighted by molar-refractivity contribution is 5.84. The van der Waals surface area contributed by atoms with Crippen molar-refractivity contribution in [1.82, 2.24) is 10.6 Å². The van der Waals surface area contributed by atoms with Crippen molar-refractivity contribution in [3.63, 3.8) is 0 Å². The van der Waals surface area contributed by atoms with E-state index in [1.54, 1.807) is 0 Å². The maximum atomic E-state index is 11.5. The number of amides is 1. The molecule has 1 saturated heterocycles. The molecule has 4 N–H and O–H groups in total. The summed E-state index contributed by atoms with van der Waals surface area (Å²) in [4.78, 5) is 32.8. The summed E-state index contributed by atoms with van der Waals surface area (Å²) in [5.41, 5.74) is -0.392. The predicted molar refractivity (Wildman–Crippen MR) is 63.7 cm³/mol. The number of ether oxygens (including phenoxy) is 1. The summed E-state index contributed by atoms with van der Waals surface area (Å²) in [5, 5.41) is 22.6. The first-order chi connectivity index (χ1) is 8.82. The summed E-state index contributed by atoms with van der Waals surface area (Å²) in [5.74, 6) is -2.93. The SMILES string of the molecule is CC1(OCC(=O)NC(CCC(=O)O)C(=O)O)CNC1. The van der Waals surface area contributed by atoms with Crippen LogP contribution in [0.5, 0.6) is 0 Å². The Hall–Kier alpha value is -1.67. The minimum Gasteiger partial charge on any atom is -0.481 e. The van der Waals surface area contributed by atoms with Crippen LogP contribution in [0.15, 0.2) is 0 Å². The number of carboxylic acid groups (broad SMARTS) is 2. The second-order valence-electron chi connectivity index (χ2n) is 4.73. The molecule has 0 spiro atoms. The lowest BCUT2D eigenvalue weighted by molar-refractivity contribution is -0.146. The van der Waals surface area contributed by atoms with E-state index in [4.69, 9.17) is 14.9 Å². The molecule has 1 heterocycles. The molecule has 0 saturated carbocycles. The first-order valence-electron chi connectivity index (χ1n) is 5.91. The summed E-state index contributed by atoms with van der Waals surface area (Å²) in [6.45, 7) is 2.88. The van der Waals surface area contributed by atoms with Crippen LogP contribution in [0, 0.1) is 0 Å². The van der Waals surface area contributed by atoms with Gasteiger partial charge in [0.2, 0.25) is 5.91 Å². The average Bonchev–Trinajstić information content (AvgIpc) is 2.28. The predicted octanol–water partition coefficient (Wildman–Crippen LogP) is -1.20. The van der Waals surface area contributed by atoms with Crippen LogP contribution < -0.4 is 10.6 Å². The number of nitrogens with one attached hydrogen (secondary N) is 2. The number of carbonyl (C=O) groups is 3. The van der Waals surface area contributed by atoms with E-state index in [-0.39, 0.29) is 19.4 Å². The molecule has 1 atom stereocenters. The van der Waals surface area contributed by atoms with Crippen LogP contribution in [0.4, 0.5) is 0 Å². The van der Waals surface area contributed by atoms with Gasteiger partial charge in [-0.25, -0.2) is 4.79 Å². The fourth-order valence-electron chi connectivity index (χ4n) is 1.58. The summed E-state index contributed by atoms with van der Waals surface area (Å²) in [7, 11) is 0. The third kappa shape index (κ3) is 5.23. The van der Waals surface area contributed by atoms with Crippen LogP contribution >= 0.6 is 0 Å². The van der Waals surface area contributed by atoms with Gasteiger partial charge < -0.3 is 25.6 Å². The van der Waals surface area contributed by atoms with E-state index in [9.17, 15) is 14.4 Å². The van der Waals surface area contributed by atoms with Gasteiger partial charge in [-0.1, -0.05) is 0 Å². The molecule has 0 aromatic heterocycles. The Labute approximate surface area is 110 Å². The Kier molecular flexibility index (Phi) is 5.25. The first-order valence-corrected chi connectivity index (χ1v) is 5.91. The van der Waals surface area contributed by atoms with Crippen molar-refractivity contribution in [3.05, 3.63) is 0 Å². The number of carbonyl (C=O) groups excluding carboxylic acids is 1. The van der Waals surface area contributed by atoms with Crippen LogP contribution in [0.25, 0.3) is 0 Å². The standard InChI is InChI=1S/C11H18N2O6/c1-11(5-12-6-11)19-4-8(14)13-7(10(17)18)2-3-9(15)16/h7,12H,2-6H2,1H3,(H,13,14)(H,15,16)(H,17,18). The molecule has 0 radical (unpaired) electrons. The number of aliphatic carboxylic acids is 2. The molecule has 1 amide bonds. The van der Waals surface area contributed by atoms with Gasteiger partial charge in [0.05, 0.1) is 5.60 Å². The molecule has 8 heteroatoms. The van der Waals surface area contributed by atoms with Crippen molar-refractivity contribution in [1.29, 1.82) is 0 Å². The van der Waals surface area contributed by atoms with E-state index < -0.39 is 29.5 Å². The quantitative estimate of drug-likeness (QED) is 0.438. The molecule has 0 bridgehead atoms. The Balaban J connectivity index is 2.33. The lowest BCUT2D eigenvalue weighted by atomic mass is 10.0. The molecule has 1 fully saturated rings. The van der Waals surface area contributed by atoms with E-state index in [0.717, 1.165) is 0 Å². The zero-order valence-corrected chi connectivity index (χ0v) is 10.6. The number of rotatable bonds is 8. The van der Waals surface area contributed by atoms with Gasteiger partial charge in [0.1, 0.15) is 12.6 Å². The minimum absolute atomic E-state index is 0.158. The summed E-state index contributed by atoms with van der Waals surface area (Å²) in [6.07, 6.45) is -0.477. The van der Waals surface area contributed by atoms with Gasteiger partial charge in [0.25, 0.3) is 0 Å². The third-order valence-corrected chi connectivity index (χ3v) is 2.83. The highest BCUT2D eigenvalue weighted by Gasteiger charge is 2.33. The maximum absolute atomic E-state index is 11.5. The zero-order chi connectivity index (χ0) is 14.5. The summed E-state index contributed by atoms with van der Waals surface area (Å²) >= 11 is 0. The number of carboxylic acids is 2. The van der Waals surface area contributed by atoms with Crippen LogP contribution in [0.2, 0.25) is 0 Å². The van der Waals surface area contributed by atoms with Gasteiger partial charge in [0.15, 0.2) is 0 Å². The van der Waals surface area contributed by atoms with Crippen molar-refractivity contribution in [2.75, 3.05) is 19.7 Å². The maximum Gasteiger partial charge on any atom is 0.326 e. The fourth-order valence-corrected chi connectivity index (χ4v) is 1.58. The third-order valence-electron chi connectivity index (χ3n) is 2.83. The molecular formula is C11H18N2O6. The molecule has 108 valence electrons.